The van der Waals surface area contributed by atoms with E-state index in [-0.39, 0.29) is 5.69 Å². The molecule has 0 heterocycles. The fourth-order valence-electron chi connectivity index (χ4n) is 1.38. The first kappa shape index (κ1) is 12.0. The zero-order valence-corrected chi connectivity index (χ0v) is 9.47. The van der Waals surface area contributed by atoms with Crippen molar-refractivity contribution < 1.29 is 4.92 Å². The molecule has 0 unspecified atom stereocenters. The Morgan fingerprint density at radius 3 is 2.62 bits per heavy atom. The van der Waals surface area contributed by atoms with Crippen LogP contribution in [-0.4, -0.2) is 24.0 Å². The lowest BCUT2D eigenvalue weighted by Gasteiger charge is -2.02. The van der Waals surface area contributed by atoms with Gasteiger partial charge in [0, 0.05) is 30.5 Å². The average Bonchev–Trinajstić information content (AvgIpc) is 2.25. The molecule has 1 rings (SSSR count). The predicted molar refractivity (Wildman–Crippen MR) is 64.5 cm³/mol. The molecule has 0 aromatic heterocycles. The molecule has 1 aromatic rings. The van der Waals surface area contributed by atoms with Gasteiger partial charge in [-0.3, -0.25) is 15.1 Å². The van der Waals surface area contributed by atoms with E-state index in [4.69, 9.17) is 0 Å². The van der Waals surface area contributed by atoms with Crippen LogP contribution in [0.3, 0.4) is 0 Å². The number of hydrogen-bond donors (Lipinski definition) is 0. The molecular weight excluding hydrogens is 206 g/mol. The number of nitro groups is 1. The Hall–Kier alpha value is -2.04. The molecule has 0 aliphatic rings. The van der Waals surface area contributed by atoms with E-state index in [0.717, 1.165) is 5.56 Å². The van der Waals surface area contributed by atoms with E-state index < -0.39 is 4.92 Å². The highest BCUT2D eigenvalue weighted by atomic mass is 16.6. The van der Waals surface area contributed by atoms with Crippen molar-refractivity contribution in [2.45, 2.75) is 13.8 Å². The molecule has 0 aliphatic carbocycles. The lowest BCUT2D eigenvalue weighted by atomic mass is 10.1. The number of aliphatic imine (C=N–C) groups is 2. The molecule has 0 amide bonds. The van der Waals surface area contributed by atoms with Gasteiger partial charge in [-0.2, -0.15) is 0 Å². The van der Waals surface area contributed by atoms with Crippen molar-refractivity contribution >= 4 is 17.7 Å². The molecule has 5 nitrogen and oxygen atoms in total. The van der Waals surface area contributed by atoms with E-state index in [0.29, 0.717) is 11.4 Å². The maximum Gasteiger partial charge on any atom is 0.272 e. The summed E-state index contributed by atoms with van der Waals surface area (Å²) in [6.07, 6.45) is 1.64. The van der Waals surface area contributed by atoms with Gasteiger partial charge in [-0.05, 0) is 26.0 Å². The van der Waals surface area contributed by atoms with Crippen molar-refractivity contribution in [2.75, 3.05) is 7.05 Å². The number of aryl methyl sites for hydroxylation is 1. The number of rotatable bonds is 2. The molecule has 0 N–H and O–H groups in total. The Morgan fingerprint density at radius 2 is 2.19 bits per heavy atom. The number of nitrogens with zero attached hydrogens (tertiary/aromatic N) is 3. The van der Waals surface area contributed by atoms with Crippen molar-refractivity contribution in [3.8, 4) is 0 Å². The topological polar surface area (TPSA) is 67.9 Å². The monoisotopic (exact) mass is 219 g/mol. The molecule has 0 spiro atoms. The van der Waals surface area contributed by atoms with E-state index in [2.05, 4.69) is 9.98 Å². The molecule has 5 heteroatoms. The molecule has 0 bridgehead atoms. The fourth-order valence-corrected chi connectivity index (χ4v) is 1.38. The standard InChI is InChI=1S/C11H13N3O2/c1-4-13-11(12-3)9-5-6-10(14(15)16)8(2)7-9/h4-7H,1-3H3/b12-11-,13-4-. The number of amidine groups is 1. The van der Waals surface area contributed by atoms with Crippen LogP contribution in [0, 0.1) is 17.0 Å². The van der Waals surface area contributed by atoms with Crippen LogP contribution in [0.15, 0.2) is 28.2 Å². The zero-order chi connectivity index (χ0) is 12.1. The summed E-state index contributed by atoms with van der Waals surface area (Å²) in [5.41, 5.74) is 1.50. The van der Waals surface area contributed by atoms with E-state index in [1.165, 1.54) is 6.07 Å². The largest absolute Gasteiger partial charge is 0.272 e. The number of nitro benzene ring substituents is 1. The summed E-state index contributed by atoms with van der Waals surface area (Å²) in [6, 6.07) is 4.84. The molecule has 84 valence electrons. The summed E-state index contributed by atoms with van der Waals surface area (Å²) in [4.78, 5) is 18.3. The molecular formula is C11H13N3O2. The van der Waals surface area contributed by atoms with Crippen LogP contribution in [0.1, 0.15) is 18.1 Å². The third-order valence-electron chi connectivity index (χ3n) is 2.11. The lowest BCUT2D eigenvalue weighted by molar-refractivity contribution is -0.385. The van der Waals surface area contributed by atoms with Crippen molar-refractivity contribution in [2.24, 2.45) is 9.98 Å². The summed E-state index contributed by atoms with van der Waals surface area (Å²) in [5, 5.41) is 10.6. The molecule has 0 atom stereocenters. The third-order valence-corrected chi connectivity index (χ3v) is 2.11. The Balaban J connectivity index is 3.20. The summed E-state index contributed by atoms with van der Waals surface area (Å²) in [6.45, 7) is 3.49. The van der Waals surface area contributed by atoms with Gasteiger partial charge in [0.1, 0.15) is 0 Å². The molecule has 0 saturated carbocycles. The highest BCUT2D eigenvalue weighted by molar-refractivity contribution is 6.03. The maximum atomic E-state index is 10.6. The quantitative estimate of drug-likeness (QED) is 0.331. The minimum absolute atomic E-state index is 0.111. The van der Waals surface area contributed by atoms with Crippen LogP contribution < -0.4 is 0 Å². The Kier molecular flexibility index (Phi) is 3.88. The first-order chi connectivity index (χ1) is 7.60. The normalized spacial score (nSPS) is 12.1. The van der Waals surface area contributed by atoms with Gasteiger partial charge in [-0.15, -0.1) is 0 Å². The first-order valence-corrected chi connectivity index (χ1v) is 4.81. The Morgan fingerprint density at radius 1 is 1.50 bits per heavy atom. The van der Waals surface area contributed by atoms with Gasteiger partial charge in [0.2, 0.25) is 0 Å². The number of benzene rings is 1. The van der Waals surface area contributed by atoms with Gasteiger partial charge < -0.3 is 0 Å². The van der Waals surface area contributed by atoms with Crippen LogP contribution in [0.4, 0.5) is 5.69 Å². The van der Waals surface area contributed by atoms with E-state index >= 15 is 0 Å². The minimum atomic E-state index is -0.398. The fraction of sp³-hybridized carbons (Fsp3) is 0.273. The van der Waals surface area contributed by atoms with Crippen LogP contribution in [-0.2, 0) is 0 Å². The minimum Gasteiger partial charge on any atom is -0.270 e. The third kappa shape index (κ3) is 2.50. The van der Waals surface area contributed by atoms with Crippen LogP contribution in [0.5, 0.6) is 0 Å². The van der Waals surface area contributed by atoms with Gasteiger partial charge in [0.05, 0.1) is 4.92 Å². The molecule has 0 fully saturated rings. The predicted octanol–water partition coefficient (Wildman–Crippen LogP) is 2.37. The smallest absolute Gasteiger partial charge is 0.270 e. The Bertz CT molecular complexity index is 464. The van der Waals surface area contributed by atoms with Gasteiger partial charge in [0.25, 0.3) is 5.69 Å². The van der Waals surface area contributed by atoms with E-state index in [9.17, 15) is 10.1 Å². The highest BCUT2D eigenvalue weighted by Crippen LogP contribution is 2.19. The Labute approximate surface area is 93.7 Å². The number of hydrogen-bond acceptors (Lipinski definition) is 3. The van der Waals surface area contributed by atoms with Crippen LogP contribution in [0.25, 0.3) is 0 Å². The van der Waals surface area contributed by atoms with E-state index in [1.807, 2.05) is 0 Å². The summed E-state index contributed by atoms with van der Waals surface area (Å²) in [7, 11) is 1.64. The maximum absolute atomic E-state index is 10.6. The second kappa shape index (κ2) is 5.16. The van der Waals surface area contributed by atoms with Crippen molar-refractivity contribution in [1.82, 2.24) is 0 Å². The first-order valence-electron chi connectivity index (χ1n) is 4.81. The van der Waals surface area contributed by atoms with E-state index in [1.54, 1.807) is 39.2 Å². The summed E-state index contributed by atoms with van der Waals surface area (Å²) in [5.74, 6) is 0.570. The highest BCUT2D eigenvalue weighted by Gasteiger charge is 2.11. The van der Waals surface area contributed by atoms with Crippen LogP contribution >= 0.6 is 0 Å². The summed E-state index contributed by atoms with van der Waals surface area (Å²) >= 11 is 0. The average molecular weight is 219 g/mol. The molecule has 0 saturated heterocycles. The molecule has 16 heavy (non-hydrogen) atoms. The van der Waals surface area contributed by atoms with Crippen molar-refractivity contribution in [1.29, 1.82) is 0 Å². The van der Waals surface area contributed by atoms with Crippen molar-refractivity contribution in [3.63, 3.8) is 0 Å². The molecule has 0 aliphatic heterocycles. The van der Waals surface area contributed by atoms with Crippen LogP contribution in [0.2, 0.25) is 0 Å². The van der Waals surface area contributed by atoms with Gasteiger partial charge >= 0.3 is 0 Å². The second-order valence-electron chi connectivity index (χ2n) is 3.19. The summed E-state index contributed by atoms with van der Waals surface area (Å²) < 4.78 is 0. The molecule has 1 aromatic carbocycles. The van der Waals surface area contributed by atoms with Gasteiger partial charge in [-0.1, -0.05) is 0 Å². The zero-order valence-electron chi connectivity index (χ0n) is 9.47. The second-order valence-corrected chi connectivity index (χ2v) is 3.19. The SMILES string of the molecule is C/C=N\C(=N/C)c1ccc([N+](=O)[O-])c(C)c1. The van der Waals surface area contributed by atoms with Gasteiger partial charge in [-0.25, -0.2) is 4.99 Å². The van der Waals surface area contributed by atoms with Gasteiger partial charge in [0.15, 0.2) is 5.84 Å². The molecule has 0 radical (unpaired) electrons. The lowest BCUT2D eigenvalue weighted by Crippen LogP contribution is -1.99. The van der Waals surface area contributed by atoms with Crippen molar-refractivity contribution in [3.05, 3.63) is 39.4 Å².